The van der Waals surface area contributed by atoms with Gasteiger partial charge >= 0.3 is 0 Å². The van der Waals surface area contributed by atoms with Crippen LogP contribution in [0.1, 0.15) is 5.56 Å². The van der Waals surface area contributed by atoms with Gasteiger partial charge in [0, 0.05) is 6.54 Å². The first kappa shape index (κ1) is 13.6. The number of carbonyl (C=O) groups is 1. The van der Waals surface area contributed by atoms with Crippen molar-refractivity contribution in [3.63, 3.8) is 0 Å². The minimum atomic E-state index is -0.0434. The normalized spacial score (nSPS) is 10.5. The van der Waals surface area contributed by atoms with E-state index in [1.807, 2.05) is 54.6 Å². The minimum absolute atomic E-state index is 0.0434. The number of benzene rings is 2. The monoisotopic (exact) mass is 297 g/mol. The van der Waals surface area contributed by atoms with Crippen molar-refractivity contribution >= 4 is 32.6 Å². The van der Waals surface area contributed by atoms with E-state index in [2.05, 4.69) is 15.6 Å². The van der Waals surface area contributed by atoms with Gasteiger partial charge in [-0.05, 0) is 17.7 Å². The van der Waals surface area contributed by atoms with Gasteiger partial charge in [-0.2, -0.15) is 0 Å². The molecule has 21 heavy (non-hydrogen) atoms. The van der Waals surface area contributed by atoms with Crippen molar-refractivity contribution < 1.29 is 4.79 Å². The van der Waals surface area contributed by atoms with E-state index in [-0.39, 0.29) is 12.5 Å². The van der Waals surface area contributed by atoms with Gasteiger partial charge in [-0.15, -0.1) is 0 Å². The predicted molar refractivity (Wildman–Crippen MR) is 86.4 cm³/mol. The summed E-state index contributed by atoms with van der Waals surface area (Å²) in [4.78, 5) is 16.2. The molecule has 0 aliphatic rings. The van der Waals surface area contributed by atoms with E-state index in [0.717, 1.165) is 20.9 Å². The van der Waals surface area contributed by atoms with E-state index in [1.165, 1.54) is 0 Å². The van der Waals surface area contributed by atoms with Gasteiger partial charge < -0.3 is 10.6 Å². The second kappa shape index (κ2) is 6.37. The summed E-state index contributed by atoms with van der Waals surface area (Å²) in [5.41, 5.74) is 2.04. The Kier molecular flexibility index (Phi) is 4.12. The topological polar surface area (TPSA) is 54.0 Å². The Morgan fingerprint density at radius 3 is 2.62 bits per heavy atom. The Bertz CT molecular complexity index is 706. The van der Waals surface area contributed by atoms with Crippen LogP contribution in [0.15, 0.2) is 54.6 Å². The van der Waals surface area contributed by atoms with Gasteiger partial charge in [-0.25, -0.2) is 4.98 Å². The summed E-state index contributed by atoms with van der Waals surface area (Å²) in [6.07, 6.45) is 0. The molecule has 2 N–H and O–H groups in total. The molecule has 2 aromatic carbocycles. The van der Waals surface area contributed by atoms with Gasteiger partial charge in [0.15, 0.2) is 5.13 Å². The molecule has 0 saturated heterocycles. The minimum Gasteiger partial charge on any atom is -0.352 e. The average Bonchev–Trinajstić information content (AvgIpc) is 2.95. The summed E-state index contributed by atoms with van der Waals surface area (Å²) >= 11 is 1.55. The zero-order chi connectivity index (χ0) is 14.5. The third-order valence-corrected chi connectivity index (χ3v) is 4.02. The molecule has 4 nitrogen and oxygen atoms in total. The van der Waals surface area contributed by atoms with Gasteiger partial charge in [0.1, 0.15) is 0 Å². The average molecular weight is 297 g/mol. The van der Waals surface area contributed by atoms with Crippen LogP contribution in [-0.2, 0) is 11.3 Å². The number of carbonyl (C=O) groups excluding carboxylic acids is 1. The molecule has 0 spiro atoms. The highest BCUT2D eigenvalue weighted by atomic mass is 32.1. The van der Waals surface area contributed by atoms with Gasteiger partial charge in [0.05, 0.1) is 16.8 Å². The predicted octanol–water partition coefficient (Wildman–Crippen LogP) is 3.02. The summed E-state index contributed by atoms with van der Waals surface area (Å²) in [6.45, 7) is 0.772. The van der Waals surface area contributed by atoms with Crippen LogP contribution >= 0.6 is 11.3 Å². The molecular weight excluding hydrogens is 282 g/mol. The van der Waals surface area contributed by atoms with E-state index < -0.39 is 0 Å². The third kappa shape index (κ3) is 3.58. The number of para-hydroxylation sites is 1. The van der Waals surface area contributed by atoms with Crippen molar-refractivity contribution in [1.29, 1.82) is 0 Å². The summed E-state index contributed by atoms with van der Waals surface area (Å²) < 4.78 is 1.12. The molecular formula is C16H15N3OS. The summed E-state index contributed by atoms with van der Waals surface area (Å²) in [5.74, 6) is -0.0434. The molecule has 0 aliphatic heterocycles. The molecule has 106 valence electrons. The molecule has 0 aliphatic carbocycles. The number of amides is 1. The maximum atomic E-state index is 11.8. The van der Waals surface area contributed by atoms with Crippen LogP contribution in [0.4, 0.5) is 5.13 Å². The van der Waals surface area contributed by atoms with Gasteiger partial charge in [-0.1, -0.05) is 53.8 Å². The van der Waals surface area contributed by atoms with Crippen molar-refractivity contribution in [2.24, 2.45) is 0 Å². The van der Waals surface area contributed by atoms with Crippen molar-refractivity contribution in [2.75, 3.05) is 11.9 Å². The number of nitrogens with zero attached hydrogens (tertiary/aromatic N) is 1. The maximum absolute atomic E-state index is 11.8. The van der Waals surface area contributed by atoms with Crippen molar-refractivity contribution in [3.05, 3.63) is 60.2 Å². The van der Waals surface area contributed by atoms with E-state index >= 15 is 0 Å². The van der Waals surface area contributed by atoms with Crippen molar-refractivity contribution in [1.82, 2.24) is 10.3 Å². The molecule has 3 rings (SSSR count). The summed E-state index contributed by atoms with van der Waals surface area (Å²) in [5, 5.41) is 6.71. The Morgan fingerprint density at radius 1 is 1.05 bits per heavy atom. The molecule has 1 heterocycles. The van der Waals surface area contributed by atoms with Crippen molar-refractivity contribution in [3.8, 4) is 0 Å². The van der Waals surface area contributed by atoms with Crippen LogP contribution in [0.5, 0.6) is 0 Å². The van der Waals surface area contributed by atoms with E-state index in [9.17, 15) is 4.79 Å². The number of anilines is 1. The van der Waals surface area contributed by atoms with E-state index in [4.69, 9.17) is 0 Å². The highest BCUT2D eigenvalue weighted by Gasteiger charge is 2.05. The number of hydrogen-bond donors (Lipinski definition) is 2. The molecule has 0 saturated carbocycles. The zero-order valence-corrected chi connectivity index (χ0v) is 12.2. The number of aromatic nitrogens is 1. The van der Waals surface area contributed by atoms with Crippen LogP contribution in [0.2, 0.25) is 0 Å². The van der Waals surface area contributed by atoms with Crippen LogP contribution in [-0.4, -0.2) is 17.4 Å². The molecule has 1 aromatic heterocycles. The Morgan fingerprint density at radius 2 is 1.81 bits per heavy atom. The highest BCUT2D eigenvalue weighted by Crippen LogP contribution is 2.24. The first-order chi connectivity index (χ1) is 10.3. The number of fused-ring (bicyclic) bond motifs is 1. The molecule has 0 fully saturated rings. The Hall–Kier alpha value is -2.40. The van der Waals surface area contributed by atoms with Crippen molar-refractivity contribution in [2.45, 2.75) is 6.54 Å². The molecule has 3 aromatic rings. The lowest BCUT2D eigenvalue weighted by molar-refractivity contribution is -0.119. The molecule has 0 radical (unpaired) electrons. The fraction of sp³-hybridized carbons (Fsp3) is 0.125. The van der Waals surface area contributed by atoms with Crippen LogP contribution in [0, 0.1) is 0 Å². The van der Waals surface area contributed by atoms with Crippen LogP contribution in [0.3, 0.4) is 0 Å². The molecule has 0 unspecified atom stereocenters. The number of nitrogens with one attached hydrogen (secondary N) is 2. The lowest BCUT2D eigenvalue weighted by atomic mass is 10.2. The Balaban J connectivity index is 1.51. The molecule has 0 atom stereocenters. The van der Waals surface area contributed by atoms with E-state index in [0.29, 0.717) is 6.54 Å². The van der Waals surface area contributed by atoms with Crippen LogP contribution < -0.4 is 10.6 Å². The summed E-state index contributed by atoms with van der Waals surface area (Å²) in [6, 6.07) is 17.8. The molecule has 5 heteroatoms. The SMILES string of the molecule is O=C(CNc1nc2ccccc2s1)NCc1ccccc1. The molecule has 1 amide bonds. The van der Waals surface area contributed by atoms with Gasteiger partial charge in [0.2, 0.25) is 5.91 Å². The molecule has 0 bridgehead atoms. The quantitative estimate of drug-likeness (QED) is 0.761. The Labute approximate surface area is 126 Å². The first-order valence-electron chi connectivity index (χ1n) is 6.71. The largest absolute Gasteiger partial charge is 0.352 e. The number of rotatable bonds is 5. The van der Waals surface area contributed by atoms with Gasteiger partial charge in [0.25, 0.3) is 0 Å². The standard InChI is InChI=1S/C16H15N3OS/c20-15(17-10-12-6-2-1-3-7-12)11-18-16-19-13-8-4-5-9-14(13)21-16/h1-9H,10-11H2,(H,17,20)(H,18,19). The van der Waals surface area contributed by atoms with E-state index in [1.54, 1.807) is 11.3 Å². The fourth-order valence-corrected chi connectivity index (χ4v) is 2.82. The third-order valence-electron chi connectivity index (χ3n) is 3.03. The zero-order valence-electron chi connectivity index (χ0n) is 11.4. The summed E-state index contributed by atoms with van der Waals surface area (Å²) in [7, 11) is 0. The number of hydrogen-bond acceptors (Lipinski definition) is 4. The second-order valence-electron chi connectivity index (χ2n) is 4.60. The van der Waals surface area contributed by atoms with Crippen LogP contribution in [0.25, 0.3) is 10.2 Å². The second-order valence-corrected chi connectivity index (χ2v) is 5.63. The number of thiazole rings is 1. The lowest BCUT2D eigenvalue weighted by Gasteiger charge is -2.05. The fourth-order valence-electron chi connectivity index (χ4n) is 1.96. The highest BCUT2D eigenvalue weighted by molar-refractivity contribution is 7.22. The maximum Gasteiger partial charge on any atom is 0.239 e. The van der Waals surface area contributed by atoms with Gasteiger partial charge in [-0.3, -0.25) is 4.79 Å². The first-order valence-corrected chi connectivity index (χ1v) is 7.53. The smallest absolute Gasteiger partial charge is 0.239 e. The lowest BCUT2D eigenvalue weighted by Crippen LogP contribution is -2.29.